The summed E-state index contributed by atoms with van der Waals surface area (Å²) in [4.78, 5) is 37.0. The summed E-state index contributed by atoms with van der Waals surface area (Å²) in [6.07, 6.45) is 0. The predicted octanol–water partition coefficient (Wildman–Crippen LogP) is 2.61. The van der Waals surface area contributed by atoms with Crippen LogP contribution in [0, 0.1) is 12.7 Å². The minimum Gasteiger partial charge on any atom is -0.319 e. The number of fused-ring (bicyclic) bond motifs is 1. The summed E-state index contributed by atoms with van der Waals surface area (Å²) in [6.45, 7) is 1.74. The summed E-state index contributed by atoms with van der Waals surface area (Å²) in [7, 11) is 1.38. The van der Waals surface area contributed by atoms with Crippen molar-refractivity contribution in [2.24, 2.45) is 0 Å². The van der Waals surface area contributed by atoms with Crippen LogP contribution in [-0.4, -0.2) is 29.7 Å². The van der Waals surface area contributed by atoms with E-state index in [4.69, 9.17) is 0 Å². The lowest BCUT2D eigenvalue weighted by Crippen LogP contribution is -2.24. The van der Waals surface area contributed by atoms with Crippen LogP contribution >= 0.6 is 0 Å². The first-order valence-electron chi connectivity index (χ1n) is 6.92. The molecule has 3 rings (SSSR count). The standard InChI is InChI=1S/C17H13FN2O3/c1-9-3-6-14(13(18)7-9)19-15(21)10-4-5-11-12(8-10)17(23)20(2)16(11)22/h3-8H,1-2H3,(H,19,21). The van der Waals surface area contributed by atoms with Gasteiger partial charge in [0.25, 0.3) is 17.7 Å². The molecule has 1 N–H and O–H groups in total. The van der Waals surface area contributed by atoms with Gasteiger partial charge in [0, 0.05) is 12.6 Å². The number of benzene rings is 2. The zero-order valence-corrected chi connectivity index (χ0v) is 12.5. The highest BCUT2D eigenvalue weighted by molar-refractivity contribution is 6.22. The first-order valence-corrected chi connectivity index (χ1v) is 6.92. The maximum atomic E-state index is 13.8. The molecule has 5 nitrogen and oxygen atoms in total. The molecule has 116 valence electrons. The molecule has 0 radical (unpaired) electrons. The molecule has 1 aliphatic heterocycles. The van der Waals surface area contributed by atoms with Crippen LogP contribution in [-0.2, 0) is 0 Å². The van der Waals surface area contributed by atoms with Crippen LogP contribution in [0.25, 0.3) is 0 Å². The third-order valence-electron chi connectivity index (χ3n) is 3.72. The molecular formula is C17H13FN2O3. The summed E-state index contributed by atoms with van der Waals surface area (Å²) < 4.78 is 13.8. The van der Waals surface area contributed by atoms with Crippen LogP contribution in [0.15, 0.2) is 36.4 Å². The average Bonchev–Trinajstić information content (AvgIpc) is 2.74. The van der Waals surface area contributed by atoms with Gasteiger partial charge < -0.3 is 5.32 Å². The van der Waals surface area contributed by atoms with E-state index in [9.17, 15) is 18.8 Å². The van der Waals surface area contributed by atoms with E-state index in [-0.39, 0.29) is 22.4 Å². The van der Waals surface area contributed by atoms with Gasteiger partial charge in [-0.3, -0.25) is 19.3 Å². The lowest BCUT2D eigenvalue weighted by atomic mass is 10.1. The lowest BCUT2D eigenvalue weighted by Gasteiger charge is -2.07. The highest BCUT2D eigenvalue weighted by atomic mass is 19.1. The van der Waals surface area contributed by atoms with Crippen molar-refractivity contribution in [1.82, 2.24) is 4.90 Å². The fourth-order valence-electron chi connectivity index (χ4n) is 2.42. The van der Waals surface area contributed by atoms with Crippen molar-refractivity contribution in [1.29, 1.82) is 0 Å². The molecule has 0 saturated heterocycles. The van der Waals surface area contributed by atoms with Crippen LogP contribution < -0.4 is 5.32 Å². The van der Waals surface area contributed by atoms with Gasteiger partial charge in [0.1, 0.15) is 5.82 Å². The average molecular weight is 312 g/mol. The highest BCUT2D eigenvalue weighted by Crippen LogP contribution is 2.23. The Morgan fingerprint density at radius 3 is 2.43 bits per heavy atom. The number of aryl methyl sites for hydroxylation is 1. The zero-order valence-electron chi connectivity index (χ0n) is 12.5. The largest absolute Gasteiger partial charge is 0.319 e. The lowest BCUT2D eigenvalue weighted by molar-refractivity contribution is 0.0693. The summed E-state index contributed by atoms with van der Waals surface area (Å²) >= 11 is 0. The normalized spacial score (nSPS) is 13.3. The Hall–Kier alpha value is -3.02. The van der Waals surface area contributed by atoms with E-state index >= 15 is 0 Å². The van der Waals surface area contributed by atoms with Crippen molar-refractivity contribution in [3.8, 4) is 0 Å². The van der Waals surface area contributed by atoms with Gasteiger partial charge >= 0.3 is 0 Å². The molecule has 0 aliphatic carbocycles. The van der Waals surface area contributed by atoms with E-state index < -0.39 is 23.5 Å². The maximum absolute atomic E-state index is 13.8. The molecule has 1 heterocycles. The number of carbonyl (C=O) groups is 3. The fourth-order valence-corrected chi connectivity index (χ4v) is 2.42. The second-order valence-electron chi connectivity index (χ2n) is 5.37. The number of hydrogen-bond acceptors (Lipinski definition) is 3. The SMILES string of the molecule is Cc1ccc(NC(=O)c2ccc3c(c2)C(=O)N(C)C3=O)c(F)c1. The molecule has 0 aromatic heterocycles. The molecule has 2 aromatic rings. The Bertz CT molecular complexity index is 861. The van der Waals surface area contributed by atoms with E-state index in [0.29, 0.717) is 0 Å². The molecule has 1 aliphatic rings. The summed E-state index contributed by atoms with van der Waals surface area (Å²) in [5.74, 6) is -1.95. The smallest absolute Gasteiger partial charge is 0.261 e. The van der Waals surface area contributed by atoms with E-state index in [1.807, 2.05) is 0 Å². The van der Waals surface area contributed by atoms with Crippen LogP contribution in [0.1, 0.15) is 36.6 Å². The fraction of sp³-hybridized carbons (Fsp3) is 0.118. The van der Waals surface area contributed by atoms with Crippen molar-refractivity contribution < 1.29 is 18.8 Å². The molecule has 0 unspecified atom stereocenters. The predicted molar refractivity (Wildman–Crippen MR) is 82.0 cm³/mol. The molecule has 3 amide bonds. The van der Waals surface area contributed by atoms with Gasteiger partial charge in [-0.2, -0.15) is 0 Å². The van der Waals surface area contributed by atoms with Gasteiger partial charge in [0.2, 0.25) is 0 Å². The Kier molecular flexibility index (Phi) is 3.44. The molecule has 0 bridgehead atoms. The summed E-state index contributed by atoms with van der Waals surface area (Å²) in [5, 5.41) is 2.46. The van der Waals surface area contributed by atoms with E-state index in [2.05, 4.69) is 5.32 Å². The van der Waals surface area contributed by atoms with Crippen LogP contribution in [0.5, 0.6) is 0 Å². The minimum atomic E-state index is -0.551. The molecule has 0 spiro atoms. The third kappa shape index (κ3) is 2.48. The number of anilines is 1. The number of carbonyl (C=O) groups excluding carboxylic acids is 3. The monoisotopic (exact) mass is 312 g/mol. The van der Waals surface area contributed by atoms with Gasteiger partial charge in [-0.25, -0.2) is 4.39 Å². The van der Waals surface area contributed by atoms with Crippen molar-refractivity contribution >= 4 is 23.4 Å². The van der Waals surface area contributed by atoms with Gasteiger partial charge in [-0.05, 0) is 42.8 Å². The highest BCUT2D eigenvalue weighted by Gasteiger charge is 2.33. The van der Waals surface area contributed by atoms with Crippen LogP contribution in [0.4, 0.5) is 10.1 Å². The summed E-state index contributed by atoms with van der Waals surface area (Å²) in [6, 6.07) is 8.68. The van der Waals surface area contributed by atoms with E-state index in [0.717, 1.165) is 10.5 Å². The number of hydrogen-bond donors (Lipinski definition) is 1. The first kappa shape index (κ1) is 14.9. The first-order chi connectivity index (χ1) is 10.9. The molecule has 0 saturated carbocycles. The number of rotatable bonds is 2. The van der Waals surface area contributed by atoms with Crippen molar-refractivity contribution in [2.75, 3.05) is 12.4 Å². The van der Waals surface area contributed by atoms with Crippen LogP contribution in [0.2, 0.25) is 0 Å². The topological polar surface area (TPSA) is 66.5 Å². The molecule has 23 heavy (non-hydrogen) atoms. The zero-order chi connectivity index (χ0) is 16.7. The number of amides is 3. The number of halogens is 1. The third-order valence-corrected chi connectivity index (χ3v) is 3.72. The molecule has 2 aromatic carbocycles. The maximum Gasteiger partial charge on any atom is 0.261 e. The number of imide groups is 1. The van der Waals surface area contributed by atoms with Crippen molar-refractivity contribution in [3.05, 3.63) is 64.5 Å². The Balaban J connectivity index is 1.90. The Morgan fingerprint density at radius 2 is 1.74 bits per heavy atom. The van der Waals surface area contributed by atoms with Crippen molar-refractivity contribution in [2.45, 2.75) is 6.92 Å². The second-order valence-corrected chi connectivity index (χ2v) is 5.37. The summed E-state index contributed by atoms with van der Waals surface area (Å²) in [5.41, 5.74) is 1.41. The molecule has 0 atom stereocenters. The number of nitrogens with one attached hydrogen (secondary N) is 1. The van der Waals surface area contributed by atoms with Gasteiger partial charge in [-0.15, -0.1) is 0 Å². The minimum absolute atomic E-state index is 0.0561. The quantitative estimate of drug-likeness (QED) is 0.867. The second kappa shape index (κ2) is 5.31. The Labute approximate surface area is 131 Å². The van der Waals surface area contributed by atoms with Crippen LogP contribution in [0.3, 0.4) is 0 Å². The molecule has 0 fully saturated rings. The van der Waals surface area contributed by atoms with E-state index in [1.54, 1.807) is 13.0 Å². The van der Waals surface area contributed by atoms with E-state index in [1.165, 1.54) is 37.4 Å². The number of nitrogens with zero attached hydrogens (tertiary/aromatic N) is 1. The van der Waals surface area contributed by atoms with Gasteiger partial charge in [-0.1, -0.05) is 6.07 Å². The Morgan fingerprint density at radius 1 is 1.04 bits per heavy atom. The van der Waals surface area contributed by atoms with Gasteiger partial charge in [0.15, 0.2) is 0 Å². The van der Waals surface area contributed by atoms with Gasteiger partial charge in [0.05, 0.1) is 16.8 Å². The van der Waals surface area contributed by atoms with Crippen molar-refractivity contribution in [3.63, 3.8) is 0 Å². The molecule has 6 heteroatoms. The molecular weight excluding hydrogens is 299 g/mol.